The van der Waals surface area contributed by atoms with Gasteiger partial charge >= 0.3 is 0 Å². The smallest absolute Gasteiger partial charge is 0.0978 e. The largest absolute Gasteiger partial charge is 0.303 e. The Bertz CT molecular complexity index is 205. The van der Waals surface area contributed by atoms with Gasteiger partial charge in [-0.3, -0.25) is 4.90 Å². The van der Waals surface area contributed by atoms with Crippen LogP contribution in [-0.2, 0) is 0 Å². The first-order valence-corrected chi connectivity index (χ1v) is 6.17. The van der Waals surface area contributed by atoms with Gasteiger partial charge in [-0.15, -0.1) is 0 Å². The Morgan fingerprint density at radius 3 is 2.67 bits per heavy atom. The maximum Gasteiger partial charge on any atom is 0.0978 e. The molecule has 0 saturated carbocycles. The second kappa shape index (κ2) is 6.81. The van der Waals surface area contributed by atoms with Crippen LogP contribution >= 0.6 is 0 Å². The van der Waals surface area contributed by atoms with E-state index in [0.29, 0.717) is 0 Å². The van der Waals surface area contributed by atoms with Gasteiger partial charge in [-0.25, -0.2) is 0 Å². The van der Waals surface area contributed by atoms with Gasteiger partial charge in [0.25, 0.3) is 0 Å². The molecule has 1 unspecified atom stereocenters. The van der Waals surface area contributed by atoms with Crippen molar-refractivity contribution in [1.29, 1.82) is 5.26 Å². The zero-order valence-electron chi connectivity index (χ0n) is 10.1. The number of nitrogens with zero attached hydrogens (tertiary/aromatic N) is 3. The van der Waals surface area contributed by atoms with Crippen LogP contribution in [0.3, 0.4) is 0 Å². The minimum Gasteiger partial charge on any atom is -0.303 e. The first kappa shape index (κ1) is 12.5. The van der Waals surface area contributed by atoms with E-state index in [2.05, 4.69) is 29.7 Å². The molecule has 15 heavy (non-hydrogen) atoms. The van der Waals surface area contributed by atoms with Crippen molar-refractivity contribution >= 4 is 0 Å². The Morgan fingerprint density at radius 1 is 1.33 bits per heavy atom. The molecular weight excluding hydrogens is 186 g/mol. The van der Waals surface area contributed by atoms with Crippen LogP contribution in [0.1, 0.15) is 33.1 Å². The molecule has 3 nitrogen and oxygen atoms in total. The van der Waals surface area contributed by atoms with Gasteiger partial charge in [0.2, 0.25) is 0 Å². The van der Waals surface area contributed by atoms with Crippen LogP contribution in [-0.4, -0.2) is 48.6 Å². The summed E-state index contributed by atoms with van der Waals surface area (Å²) in [6.45, 7) is 9.89. The normalized spacial score (nSPS) is 22.9. The van der Waals surface area contributed by atoms with Gasteiger partial charge in [-0.2, -0.15) is 5.26 Å². The Balaban J connectivity index is 2.32. The number of rotatable bonds is 5. The van der Waals surface area contributed by atoms with Crippen LogP contribution in [0.25, 0.3) is 0 Å². The van der Waals surface area contributed by atoms with Crippen molar-refractivity contribution in [1.82, 2.24) is 9.80 Å². The fraction of sp³-hybridized carbons (Fsp3) is 0.917. The van der Waals surface area contributed by atoms with Crippen molar-refractivity contribution in [3.8, 4) is 6.07 Å². The second-order valence-corrected chi connectivity index (χ2v) is 4.20. The van der Waals surface area contributed by atoms with Crippen LogP contribution < -0.4 is 0 Å². The predicted molar refractivity (Wildman–Crippen MR) is 62.6 cm³/mol. The fourth-order valence-corrected chi connectivity index (χ4v) is 2.21. The van der Waals surface area contributed by atoms with E-state index >= 15 is 0 Å². The van der Waals surface area contributed by atoms with E-state index in [1.165, 1.54) is 12.8 Å². The molecule has 0 bridgehead atoms. The molecule has 0 aromatic heterocycles. The van der Waals surface area contributed by atoms with Crippen molar-refractivity contribution in [2.45, 2.75) is 39.2 Å². The highest BCUT2D eigenvalue weighted by Gasteiger charge is 2.21. The van der Waals surface area contributed by atoms with Crippen LogP contribution in [0.2, 0.25) is 0 Å². The summed E-state index contributed by atoms with van der Waals surface area (Å²) < 4.78 is 0. The van der Waals surface area contributed by atoms with Crippen LogP contribution in [0, 0.1) is 11.3 Å². The van der Waals surface area contributed by atoms with Gasteiger partial charge in [-0.1, -0.05) is 13.8 Å². The zero-order chi connectivity index (χ0) is 11.1. The van der Waals surface area contributed by atoms with E-state index in [-0.39, 0.29) is 6.04 Å². The lowest BCUT2D eigenvalue weighted by molar-refractivity contribution is 0.157. The number of nitriles is 1. The van der Waals surface area contributed by atoms with Crippen molar-refractivity contribution in [3.05, 3.63) is 0 Å². The first-order chi connectivity index (χ1) is 7.31. The monoisotopic (exact) mass is 209 g/mol. The van der Waals surface area contributed by atoms with Gasteiger partial charge in [0.1, 0.15) is 0 Å². The molecule has 0 amide bonds. The Labute approximate surface area is 93.7 Å². The summed E-state index contributed by atoms with van der Waals surface area (Å²) in [7, 11) is 0. The van der Waals surface area contributed by atoms with E-state index < -0.39 is 0 Å². The third kappa shape index (κ3) is 3.81. The lowest BCUT2D eigenvalue weighted by atomic mass is 10.0. The molecule has 86 valence electrons. The van der Waals surface area contributed by atoms with Gasteiger partial charge < -0.3 is 4.90 Å². The minimum absolute atomic E-state index is 0.175. The van der Waals surface area contributed by atoms with E-state index in [4.69, 9.17) is 5.26 Å². The molecule has 0 radical (unpaired) electrons. The highest BCUT2D eigenvalue weighted by Crippen LogP contribution is 2.15. The Morgan fingerprint density at radius 2 is 2.07 bits per heavy atom. The maximum absolute atomic E-state index is 9.04. The Hall–Kier alpha value is -0.590. The summed E-state index contributed by atoms with van der Waals surface area (Å²) in [5, 5.41) is 9.04. The summed E-state index contributed by atoms with van der Waals surface area (Å²) >= 11 is 0. The number of piperidine rings is 1. The topological polar surface area (TPSA) is 30.3 Å². The second-order valence-electron chi connectivity index (χ2n) is 4.20. The minimum atomic E-state index is 0.175. The standard InChI is InChI=1S/C12H23N3/c1-3-14(4-2)9-10-15-8-6-5-7-12(15)11-13/h12H,3-10H2,1-2H3. The molecule has 1 rings (SSSR count). The number of hydrogen-bond acceptors (Lipinski definition) is 3. The lowest BCUT2D eigenvalue weighted by Crippen LogP contribution is -2.43. The third-order valence-electron chi connectivity index (χ3n) is 3.36. The van der Waals surface area contributed by atoms with Crippen LogP contribution in [0.15, 0.2) is 0 Å². The number of likely N-dealkylation sites (N-methyl/N-ethyl adjacent to an activating group) is 1. The molecule has 0 aromatic rings. The van der Waals surface area contributed by atoms with Crippen LogP contribution in [0.4, 0.5) is 0 Å². The number of hydrogen-bond donors (Lipinski definition) is 0. The summed E-state index contributed by atoms with van der Waals surface area (Å²) in [4.78, 5) is 4.77. The van der Waals surface area contributed by atoms with Gasteiger partial charge in [0.15, 0.2) is 0 Å². The van der Waals surface area contributed by atoms with Crippen LogP contribution in [0.5, 0.6) is 0 Å². The molecule has 1 fully saturated rings. The van der Waals surface area contributed by atoms with Gasteiger partial charge in [-0.05, 0) is 38.9 Å². The molecule has 0 aromatic carbocycles. The molecule has 1 saturated heterocycles. The van der Waals surface area contributed by atoms with Crippen molar-refractivity contribution in [3.63, 3.8) is 0 Å². The molecule has 0 aliphatic carbocycles. The SMILES string of the molecule is CCN(CC)CCN1CCCCC1C#N. The van der Waals surface area contributed by atoms with Crippen molar-refractivity contribution in [2.24, 2.45) is 0 Å². The average molecular weight is 209 g/mol. The molecule has 3 heteroatoms. The van der Waals surface area contributed by atoms with E-state index in [1.807, 2.05) is 0 Å². The summed E-state index contributed by atoms with van der Waals surface area (Å²) in [5.41, 5.74) is 0. The van der Waals surface area contributed by atoms with E-state index in [1.54, 1.807) is 0 Å². The lowest BCUT2D eigenvalue weighted by Gasteiger charge is -2.32. The first-order valence-electron chi connectivity index (χ1n) is 6.17. The Kier molecular flexibility index (Phi) is 5.67. The molecule has 1 heterocycles. The van der Waals surface area contributed by atoms with Gasteiger partial charge in [0, 0.05) is 13.1 Å². The van der Waals surface area contributed by atoms with Crippen molar-refractivity contribution < 1.29 is 0 Å². The molecule has 1 atom stereocenters. The average Bonchev–Trinajstić information content (AvgIpc) is 2.31. The van der Waals surface area contributed by atoms with Gasteiger partial charge in [0.05, 0.1) is 12.1 Å². The van der Waals surface area contributed by atoms with Crippen molar-refractivity contribution in [2.75, 3.05) is 32.7 Å². The molecule has 1 aliphatic rings. The molecule has 1 aliphatic heterocycles. The zero-order valence-corrected chi connectivity index (χ0v) is 10.1. The summed E-state index contributed by atoms with van der Waals surface area (Å²) in [6, 6.07) is 2.60. The quantitative estimate of drug-likeness (QED) is 0.690. The summed E-state index contributed by atoms with van der Waals surface area (Å²) in [5.74, 6) is 0. The maximum atomic E-state index is 9.04. The highest BCUT2D eigenvalue weighted by atomic mass is 15.2. The van der Waals surface area contributed by atoms with E-state index in [9.17, 15) is 0 Å². The number of likely N-dealkylation sites (tertiary alicyclic amines) is 1. The highest BCUT2D eigenvalue weighted by molar-refractivity contribution is 4.94. The third-order valence-corrected chi connectivity index (χ3v) is 3.36. The fourth-order valence-electron chi connectivity index (χ4n) is 2.21. The summed E-state index contributed by atoms with van der Waals surface area (Å²) in [6.07, 6.45) is 3.55. The molecule has 0 spiro atoms. The predicted octanol–water partition coefficient (Wildman–Crippen LogP) is 1.71. The van der Waals surface area contributed by atoms with E-state index in [0.717, 1.165) is 39.1 Å². The molecular formula is C12H23N3. The molecule has 0 N–H and O–H groups in total.